The van der Waals surface area contributed by atoms with Gasteiger partial charge in [-0.3, -0.25) is 0 Å². The fraction of sp³-hybridized carbons (Fsp3) is 0.350. The van der Waals surface area contributed by atoms with Gasteiger partial charge in [-0.1, -0.05) is 30.3 Å². The third kappa shape index (κ3) is 2.17. The fourth-order valence-corrected chi connectivity index (χ4v) is 4.13. The Balaban J connectivity index is 1.43. The predicted octanol–water partition coefficient (Wildman–Crippen LogP) is 3.31. The summed E-state index contributed by atoms with van der Waals surface area (Å²) in [6.45, 7) is 5.28. The minimum atomic E-state index is 1.04. The standard InChI is InChI=1S/C20H22N4/c1-2-8-17(9-3-1)22-12-14-23(15-13-22)20-21-18-10-4-6-16-7-5-11-24(20)19(16)18/h1-4,6,8-10H,5,7,11-15H2. The Kier molecular flexibility index (Phi) is 3.21. The molecule has 0 atom stereocenters. The average molecular weight is 318 g/mol. The van der Waals surface area contributed by atoms with Crippen molar-refractivity contribution < 1.29 is 0 Å². The number of aryl methyl sites for hydroxylation is 2. The van der Waals surface area contributed by atoms with E-state index in [4.69, 9.17) is 4.98 Å². The van der Waals surface area contributed by atoms with Crippen LogP contribution in [0.25, 0.3) is 11.0 Å². The van der Waals surface area contributed by atoms with Crippen LogP contribution in [0.3, 0.4) is 0 Å². The summed E-state index contributed by atoms with van der Waals surface area (Å²) >= 11 is 0. The highest BCUT2D eigenvalue weighted by Gasteiger charge is 2.24. The van der Waals surface area contributed by atoms with Crippen molar-refractivity contribution in [3.05, 3.63) is 54.1 Å². The molecule has 1 saturated heterocycles. The van der Waals surface area contributed by atoms with Crippen LogP contribution >= 0.6 is 0 Å². The highest BCUT2D eigenvalue weighted by atomic mass is 15.4. The third-order valence-electron chi connectivity index (χ3n) is 5.34. The van der Waals surface area contributed by atoms with Crippen molar-refractivity contribution in [3.63, 3.8) is 0 Å². The smallest absolute Gasteiger partial charge is 0.206 e. The highest BCUT2D eigenvalue weighted by Crippen LogP contribution is 2.31. The van der Waals surface area contributed by atoms with Gasteiger partial charge in [0, 0.05) is 38.4 Å². The minimum Gasteiger partial charge on any atom is -0.368 e. The number of hydrogen-bond acceptors (Lipinski definition) is 3. The molecule has 4 nitrogen and oxygen atoms in total. The van der Waals surface area contributed by atoms with Crippen molar-refractivity contribution in [2.45, 2.75) is 19.4 Å². The Hall–Kier alpha value is -2.49. The molecule has 1 aromatic heterocycles. The monoisotopic (exact) mass is 318 g/mol. The SMILES string of the molecule is c1ccc(N2CCN(c3nc4cccc5c4n3CCC5)CC2)cc1. The maximum Gasteiger partial charge on any atom is 0.206 e. The maximum absolute atomic E-state index is 4.98. The second-order valence-electron chi connectivity index (χ2n) is 6.76. The molecule has 24 heavy (non-hydrogen) atoms. The number of nitrogens with zero attached hydrogens (tertiary/aromatic N) is 4. The second kappa shape index (κ2) is 5.55. The second-order valence-corrected chi connectivity index (χ2v) is 6.76. The first kappa shape index (κ1) is 13.9. The van der Waals surface area contributed by atoms with Gasteiger partial charge in [0.2, 0.25) is 5.95 Å². The lowest BCUT2D eigenvalue weighted by atomic mass is 10.0. The summed E-state index contributed by atoms with van der Waals surface area (Å²) < 4.78 is 2.45. The van der Waals surface area contributed by atoms with Gasteiger partial charge in [-0.2, -0.15) is 0 Å². The maximum atomic E-state index is 4.98. The number of hydrogen-bond donors (Lipinski definition) is 0. The number of aromatic nitrogens is 2. The van der Waals surface area contributed by atoms with Gasteiger partial charge in [-0.05, 0) is 36.6 Å². The van der Waals surface area contributed by atoms with E-state index in [1.54, 1.807) is 0 Å². The zero-order valence-corrected chi connectivity index (χ0v) is 13.9. The van der Waals surface area contributed by atoms with Crippen molar-refractivity contribution in [1.82, 2.24) is 9.55 Å². The lowest BCUT2D eigenvalue weighted by Crippen LogP contribution is -2.47. The molecule has 1 fully saturated rings. The lowest BCUT2D eigenvalue weighted by Gasteiger charge is -2.37. The molecule has 0 unspecified atom stereocenters. The molecule has 0 radical (unpaired) electrons. The first-order valence-electron chi connectivity index (χ1n) is 8.93. The van der Waals surface area contributed by atoms with Crippen molar-refractivity contribution in [3.8, 4) is 0 Å². The molecule has 2 aromatic carbocycles. The summed E-state index contributed by atoms with van der Waals surface area (Å²) in [5, 5.41) is 0. The van der Waals surface area contributed by atoms with E-state index < -0.39 is 0 Å². The van der Waals surface area contributed by atoms with Crippen LogP contribution in [-0.4, -0.2) is 35.7 Å². The molecule has 4 heteroatoms. The normalized spacial score (nSPS) is 17.5. The van der Waals surface area contributed by atoms with Gasteiger partial charge in [-0.15, -0.1) is 0 Å². The van der Waals surface area contributed by atoms with Crippen LogP contribution in [0, 0.1) is 0 Å². The summed E-state index contributed by atoms with van der Waals surface area (Å²) in [6, 6.07) is 17.3. The molecule has 2 aliphatic rings. The first-order chi connectivity index (χ1) is 11.9. The molecule has 3 heterocycles. The van der Waals surface area contributed by atoms with E-state index in [2.05, 4.69) is 62.9 Å². The zero-order chi connectivity index (χ0) is 15.9. The molecule has 0 spiro atoms. The molecule has 0 amide bonds. The zero-order valence-electron chi connectivity index (χ0n) is 13.9. The molecule has 0 N–H and O–H groups in total. The van der Waals surface area contributed by atoms with E-state index in [0.717, 1.165) is 38.2 Å². The van der Waals surface area contributed by atoms with Gasteiger partial charge >= 0.3 is 0 Å². The number of piperazine rings is 1. The first-order valence-corrected chi connectivity index (χ1v) is 8.93. The Morgan fingerprint density at radius 2 is 1.54 bits per heavy atom. The Bertz CT molecular complexity index is 860. The average Bonchev–Trinajstić information content (AvgIpc) is 3.04. The van der Waals surface area contributed by atoms with E-state index >= 15 is 0 Å². The largest absolute Gasteiger partial charge is 0.368 e. The lowest BCUT2D eigenvalue weighted by molar-refractivity contribution is 0.589. The topological polar surface area (TPSA) is 24.3 Å². The van der Waals surface area contributed by atoms with Crippen LogP contribution < -0.4 is 9.80 Å². The van der Waals surface area contributed by atoms with Crippen molar-refractivity contribution in [2.24, 2.45) is 0 Å². The van der Waals surface area contributed by atoms with Gasteiger partial charge < -0.3 is 14.4 Å². The van der Waals surface area contributed by atoms with Crippen LogP contribution in [0.15, 0.2) is 48.5 Å². The van der Waals surface area contributed by atoms with Crippen LogP contribution in [0.4, 0.5) is 11.6 Å². The van der Waals surface area contributed by atoms with Crippen molar-refractivity contribution in [2.75, 3.05) is 36.0 Å². The van der Waals surface area contributed by atoms with Crippen molar-refractivity contribution in [1.29, 1.82) is 0 Å². The molecule has 2 aliphatic heterocycles. The molecule has 0 bridgehead atoms. The van der Waals surface area contributed by atoms with E-state index in [1.807, 2.05) is 0 Å². The number of imidazole rings is 1. The predicted molar refractivity (Wildman–Crippen MR) is 98.9 cm³/mol. The number of benzene rings is 2. The number of para-hydroxylation sites is 2. The van der Waals surface area contributed by atoms with Gasteiger partial charge in [0.1, 0.15) is 0 Å². The summed E-state index contributed by atoms with van der Waals surface area (Å²) in [5.74, 6) is 1.17. The Labute approximate surface area is 142 Å². The third-order valence-corrected chi connectivity index (χ3v) is 5.34. The molecule has 5 rings (SSSR count). The fourth-order valence-electron chi connectivity index (χ4n) is 4.13. The summed E-state index contributed by atoms with van der Waals surface area (Å²) in [6.07, 6.45) is 2.41. The van der Waals surface area contributed by atoms with Gasteiger partial charge in [0.25, 0.3) is 0 Å². The minimum absolute atomic E-state index is 1.04. The van der Waals surface area contributed by atoms with Crippen molar-refractivity contribution >= 4 is 22.7 Å². The number of anilines is 2. The molecular weight excluding hydrogens is 296 g/mol. The van der Waals surface area contributed by atoms with Gasteiger partial charge in [0.05, 0.1) is 11.0 Å². The Morgan fingerprint density at radius 3 is 2.38 bits per heavy atom. The summed E-state index contributed by atoms with van der Waals surface area (Å²) in [4.78, 5) is 9.92. The van der Waals surface area contributed by atoms with E-state index in [-0.39, 0.29) is 0 Å². The molecule has 0 aliphatic carbocycles. The Morgan fingerprint density at radius 1 is 0.750 bits per heavy atom. The highest BCUT2D eigenvalue weighted by molar-refractivity contribution is 5.83. The summed E-state index contributed by atoms with van der Waals surface area (Å²) in [5.41, 5.74) is 5.31. The quantitative estimate of drug-likeness (QED) is 0.724. The van der Waals surface area contributed by atoms with Gasteiger partial charge in [-0.25, -0.2) is 4.98 Å². The van der Waals surface area contributed by atoms with E-state index in [9.17, 15) is 0 Å². The number of rotatable bonds is 2. The summed E-state index contributed by atoms with van der Waals surface area (Å²) in [7, 11) is 0. The molecule has 3 aromatic rings. The van der Waals surface area contributed by atoms with E-state index in [0.29, 0.717) is 0 Å². The molecular formula is C20H22N4. The molecule has 122 valence electrons. The van der Waals surface area contributed by atoms with Crippen LogP contribution in [0.1, 0.15) is 12.0 Å². The van der Waals surface area contributed by atoms with Crippen LogP contribution in [-0.2, 0) is 13.0 Å². The molecule has 0 saturated carbocycles. The van der Waals surface area contributed by atoms with Crippen LogP contribution in [0.5, 0.6) is 0 Å². The van der Waals surface area contributed by atoms with Crippen LogP contribution in [0.2, 0.25) is 0 Å². The van der Waals surface area contributed by atoms with E-state index in [1.165, 1.54) is 35.6 Å². The van der Waals surface area contributed by atoms with Gasteiger partial charge in [0.15, 0.2) is 0 Å².